The molecule has 0 atom stereocenters. The number of anilines is 1. The number of pyridine rings is 1. The van der Waals surface area contributed by atoms with Gasteiger partial charge >= 0.3 is 6.01 Å². The van der Waals surface area contributed by atoms with Gasteiger partial charge in [-0.05, 0) is 23.8 Å². The van der Waals surface area contributed by atoms with Crippen LogP contribution >= 0.6 is 0 Å². The van der Waals surface area contributed by atoms with E-state index < -0.39 is 0 Å². The Kier molecular flexibility index (Phi) is 4.01. The lowest BCUT2D eigenvalue weighted by Gasteiger charge is -1.95. The highest BCUT2D eigenvalue weighted by Gasteiger charge is 2.09. The second-order valence-corrected chi connectivity index (χ2v) is 4.38. The van der Waals surface area contributed by atoms with Crippen molar-refractivity contribution >= 4 is 18.0 Å². The highest BCUT2D eigenvalue weighted by Crippen LogP contribution is 2.18. The molecule has 0 fully saturated rings. The van der Waals surface area contributed by atoms with E-state index in [1.807, 2.05) is 30.3 Å². The standard InChI is InChI=1S/C16H12N4O2/c21-14(7-6-12-4-2-1-3-5-12)18-16-20-19-15(22-16)13-8-10-17-11-9-13/h1-11H,(H,18,20,21). The molecule has 0 aliphatic rings. The Morgan fingerprint density at radius 1 is 1.05 bits per heavy atom. The molecule has 3 rings (SSSR count). The lowest BCUT2D eigenvalue weighted by atomic mass is 10.2. The summed E-state index contributed by atoms with van der Waals surface area (Å²) >= 11 is 0. The number of carbonyl (C=O) groups is 1. The fourth-order valence-electron chi connectivity index (χ4n) is 1.77. The third kappa shape index (κ3) is 3.43. The average molecular weight is 292 g/mol. The van der Waals surface area contributed by atoms with Crippen molar-refractivity contribution in [2.75, 3.05) is 5.32 Å². The maximum Gasteiger partial charge on any atom is 0.322 e. The van der Waals surface area contributed by atoms with Crippen molar-refractivity contribution in [3.63, 3.8) is 0 Å². The monoisotopic (exact) mass is 292 g/mol. The first-order chi connectivity index (χ1) is 10.8. The highest BCUT2D eigenvalue weighted by molar-refractivity contribution is 6.00. The molecule has 3 aromatic rings. The Morgan fingerprint density at radius 3 is 2.59 bits per heavy atom. The van der Waals surface area contributed by atoms with Crippen LogP contribution in [-0.4, -0.2) is 21.1 Å². The van der Waals surface area contributed by atoms with Crippen molar-refractivity contribution in [2.45, 2.75) is 0 Å². The van der Waals surface area contributed by atoms with Gasteiger partial charge in [0.15, 0.2) is 0 Å². The summed E-state index contributed by atoms with van der Waals surface area (Å²) in [6, 6.07) is 13.1. The van der Waals surface area contributed by atoms with Crippen LogP contribution < -0.4 is 5.32 Å². The molecule has 1 aromatic carbocycles. The molecule has 6 heteroatoms. The minimum Gasteiger partial charge on any atom is -0.403 e. The van der Waals surface area contributed by atoms with Crippen LogP contribution in [0.2, 0.25) is 0 Å². The molecule has 2 heterocycles. The van der Waals surface area contributed by atoms with E-state index in [4.69, 9.17) is 4.42 Å². The number of aromatic nitrogens is 3. The van der Waals surface area contributed by atoms with Gasteiger partial charge < -0.3 is 4.42 Å². The van der Waals surface area contributed by atoms with Gasteiger partial charge in [0.25, 0.3) is 5.91 Å². The van der Waals surface area contributed by atoms with Crippen LogP contribution in [0, 0.1) is 0 Å². The molecule has 6 nitrogen and oxygen atoms in total. The predicted octanol–water partition coefficient (Wildman–Crippen LogP) is 2.78. The Morgan fingerprint density at radius 2 is 1.82 bits per heavy atom. The quantitative estimate of drug-likeness (QED) is 0.748. The second kappa shape index (κ2) is 6.45. The molecule has 2 aromatic heterocycles. The molecule has 0 aliphatic carbocycles. The molecular formula is C16H12N4O2. The first-order valence-electron chi connectivity index (χ1n) is 6.59. The minimum absolute atomic E-state index is 0.0505. The first kappa shape index (κ1) is 13.7. The molecule has 0 bridgehead atoms. The van der Waals surface area contributed by atoms with Crippen LogP contribution in [0.3, 0.4) is 0 Å². The Bertz CT molecular complexity index is 782. The van der Waals surface area contributed by atoms with Gasteiger partial charge in [0, 0.05) is 24.0 Å². The number of hydrogen-bond acceptors (Lipinski definition) is 5. The smallest absolute Gasteiger partial charge is 0.322 e. The Balaban J connectivity index is 1.65. The zero-order chi connectivity index (χ0) is 15.2. The van der Waals surface area contributed by atoms with Gasteiger partial charge in [-0.25, -0.2) is 0 Å². The summed E-state index contributed by atoms with van der Waals surface area (Å²) in [5.74, 6) is -0.0153. The molecule has 22 heavy (non-hydrogen) atoms. The van der Waals surface area contributed by atoms with E-state index in [9.17, 15) is 4.79 Å². The topological polar surface area (TPSA) is 80.9 Å². The molecule has 1 amide bonds. The van der Waals surface area contributed by atoms with Crippen LogP contribution in [0.15, 0.2) is 65.4 Å². The van der Waals surface area contributed by atoms with Crippen molar-refractivity contribution in [3.8, 4) is 11.5 Å². The number of nitrogens with zero attached hydrogens (tertiary/aromatic N) is 3. The number of rotatable bonds is 4. The fraction of sp³-hybridized carbons (Fsp3) is 0. The number of benzene rings is 1. The molecular weight excluding hydrogens is 280 g/mol. The zero-order valence-corrected chi connectivity index (χ0v) is 11.5. The van der Waals surface area contributed by atoms with E-state index >= 15 is 0 Å². The molecule has 108 valence electrons. The average Bonchev–Trinajstić information content (AvgIpc) is 3.03. The number of nitrogens with one attached hydrogen (secondary N) is 1. The van der Waals surface area contributed by atoms with Crippen LogP contribution in [-0.2, 0) is 4.79 Å². The van der Waals surface area contributed by atoms with Crippen LogP contribution in [0.1, 0.15) is 5.56 Å². The van der Waals surface area contributed by atoms with E-state index in [2.05, 4.69) is 20.5 Å². The number of amides is 1. The van der Waals surface area contributed by atoms with Crippen molar-refractivity contribution in [1.82, 2.24) is 15.2 Å². The summed E-state index contributed by atoms with van der Waals surface area (Å²) in [5, 5.41) is 10.2. The van der Waals surface area contributed by atoms with Crippen LogP contribution in [0.4, 0.5) is 6.01 Å². The lowest BCUT2D eigenvalue weighted by molar-refractivity contribution is -0.112. The van der Waals surface area contributed by atoms with E-state index in [1.165, 1.54) is 6.08 Å². The third-order valence-corrected chi connectivity index (χ3v) is 2.81. The van der Waals surface area contributed by atoms with Gasteiger partial charge in [-0.1, -0.05) is 35.4 Å². The first-order valence-corrected chi connectivity index (χ1v) is 6.59. The summed E-state index contributed by atoms with van der Waals surface area (Å²) in [6.45, 7) is 0. The molecule has 0 radical (unpaired) electrons. The fourth-order valence-corrected chi connectivity index (χ4v) is 1.77. The SMILES string of the molecule is O=C(C=Cc1ccccc1)Nc1nnc(-c2ccncc2)o1. The number of hydrogen-bond donors (Lipinski definition) is 1. The maximum absolute atomic E-state index is 11.8. The summed E-state index contributed by atoms with van der Waals surface area (Å²) in [5.41, 5.74) is 1.67. The van der Waals surface area contributed by atoms with Crippen LogP contribution in [0.25, 0.3) is 17.5 Å². The Hall–Kier alpha value is -3.28. The van der Waals surface area contributed by atoms with Gasteiger partial charge in [-0.2, -0.15) is 0 Å². The normalized spacial score (nSPS) is 10.7. The van der Waals surface area contributed by atoms with Crippen LogP contribution in [0.5, 0.6) is 0 Å². The molecule has 0 aliphatic heterocycles. The van der Waals surface area contributed by atoms with Crippen molar-refractivity contribution in [3.05, 3.63) is 66.5 Å². The van der Waals surface area contributed by atoms with Gasteiger partial charge in [0.05, 0.1) is 0 Å². The van der Waals surface area contributed by atoms with E-state index in [0.717, 1.165) is 11.1 Å². The lowest BCUT2D eigenvalue weighted by Crippen LogP contribution is -2.07. The highest BCUT2D eigenvalue weighted by atomic mass is 16.4. The minimum atomic E-state index is -0.339. The van der Waals surface area contributed by atoms with Gasteiger partial charge in [0.1, 0.15) is 0 Å². The van der Waals surface area contributed by atoms with Gasteiger partial charge in [-0.15, -0.1) is 5.10 Å². The van der Waals surface area contributed by atoms with Gasteiger partial charge in [-0.3, -0.25) is 15.1 Å². The number of carbonyl (C=O) groups excluding carboxylic acids is 1. The maximum atomic E-state index is 11.8. The molecule has 0 saturated heterocycles. The third-order valence-electron chi connectivity index (χ3n) is 2.81. The molecule has 0 saturated carbocycles. The zero-order valence-electron chi connectivity index (χ0n) is 11.5. The van der Waals surface area contributed by atoms with Crippen molar-refractivity contribution < 1.29 is 9.21 Å². The molecule has 1 N–H and O–H groups in total. The van der Waals surface area contributed by atoms with Crippen molar-refractivity contribution in [2.24, 2.45) is 0 Å². The predicted molar refractivity (Wildman–Crippen MR) is 81.6 cm³/mol. The van der Waals surface area contributed by atoms with Crippen molar-refractivity contribution in [1.29, 1.82) is 0 Å². The van der Waals surface area contributed by atoms with E-state index in [-0.39, 0.29) is 11.9 Å². The molecule has 0 unspecified atom stereocenters. The summed E-state index contributed by atoms with van der Waals surface area (Å²) in [6.07, 6.45) is 6.36. The van der Waals surface area contributed by atoms with E-state index in [1.54, 1.807) is 30.6 Å². The summed E-state index contributed by atoms with van der Waals surface area (Å²) in [4.78, 5) is 15.7. The van der Waals surface area contributed by atoms with Gasteiger partial charge in [0.2, 0.25) is 5.89 Å². The Labute approximate surface area is 126 Å². The van der Waals surface area contributed by atoms with E-state index in [0.29, 0.717) is 5.89 Å². The second-order valence-electron chi connectivity index (χ2n) is 4.38. The summed E-state index contributed by atoms with van der Waals surface area (Å²) in [7, 11) is 0. The molecule has 0 spiro atoms. The largest absolute Gasteiger partial charge is 0.403 e. The summed E-state index contributed by atoms with van der Waals surface area (Å²) < 4.78 is 5.38.